The molecule has 1 aromatic carbocycles. The second kappa shape index (κ2) is 4.41. The normalized spacial score (nSPS) is 9.29. The molecule has 14 heavy (non-hydrogen) atoms. The average molecular weight is 192 g/mol. The van der Waals surface area contributed by atoms with Crippen LogP contribution in [0.1, 0.15) is 22.8 Å². The molecule has 2 amide bonds. The van der Waals surface area contributed by atoms with Crippen molar-refractivity contribution in [2.45, 2.75) is 13.8 Å². The molecule has 0 fully saturated rings. The van der Waals surface area contributed by atoms with Gasteiger partial charge in [-0.05, 0) is 19.1 Å². The molecule has 0 saturated carbocycles. The monoisotopic (exact) mass is 192 g/mol. The van der Waals surface area contributed by atoms with Crippen LogP contribution in [0.2, 0.25) is 0 Å². The molecule has 0 radical (unpaired) electrons. The Morgan fingerprint density at radius 2 is 1.93 bits per heavy atom. The minimum Gasteiger partial charge on any atom is -0.274 e. The van der Waals surface area contributed by atoms with E-state index in [0.717, 1.165) is 5.56 Å². The Morgan fingerprint density at radius 1 is 1.21 bits per heavy atom. The van der Waals surface area contributed by atoms with Gasteiger partial charge in [0.1, 0.15) is 0 Å². The molecule has 0 atom stereocenters. The number of nitrogens with one attached hydrogen (secondary N) is 2. The zero-order chi connectivity index (χ0) is 10.6. The summed E-state index contributed by atoms with van der Waals surface area (Å²) in [6, 6.07) is 7.12. The van der Waals surface area contributed by atoms with Crippen molar-refractivity contribution in [3.8, 4) is 0 Å². The number of carbonyl (C=O) groups excluding carboxylic acids is 2. The zero-order valence-corrected chi connectivity index (χ0v) is 8.13. The quantitative estimate of drug-likeness (QED) is 0.646. The van der Waals surface area contributed by atoms with Gasteiger partial charge in [0.05, 0.1) is 0 Å². The molecule has 2 N–H and O–H groups in total. The first kappa shape index (κ1) is 10.2. The third-order valence-electron chi connectivity index (χ3n) is 1.63. The Labute approximate surface area is 82.3 Å². The molecule has 1 rings (SSSR count). The molecule has 0 aliphatic carbocycles. The maximum absolute atomic E-state index is 11.4. The number of aryl methyl sites for hydroxylation is 1. The van der Waals surface area contributed by atoms with Gasteiger partial charge >= 0.3 is 0 Å². The first-order valence-electron chi connectivity index (χ1n) is 4.23. The van der Waals surface area contributed by atoms with Crippen LogP contribution in [0.25, 0.3) is 0 Å². The minimum absolute atomic E-state index is 0.300. The zero-order valence-electron chi connectivity index (χ0n) is 8.13. The molecular weight excluding hydrogens is 180 g/mol. The molecule has 0 spiro atoms. The second-order valence-electron chi connectivity index (χ2n) is 3.00. The number of hydrogen-bond acceptors (Lipinski definition) is 2. The molecule has 74 valence electrons. The third kappa shape index (κ3) is 2.90. The Kier molecular flexibility index (Phi) is 3.23. The summed E-state index contributed by atoms with van der Waals surface area (Å²) in [5, 5.41) is 0. The minimum atomic E-state index is -0.316. The van der Waals surface area contributed by atoms with Crippen molar-refractivity contribution < 1.29 is 9.59 Å². The predicted molar refractivity (Wildman–Crippen MR) is 52.5 cm³/mol. The fraction of sp³-hybridized carbons (Fsp3) is 0.200. The van der Waals surface area contributed by atoms with E-state index in [1.165, 1.54) is 6.92 Å². The molecule has 0 heterocycles. The number of carbonyl (C=O) groups is 2. The van der Waals surface area contributed by atoms with E-state index < -0.39 is 0 Å². The number of rotatable bonds is 1. The summed E-state index contributed by atoms with van der Waals surface area (Å²) in [7, 11) is 0. The highest BCUT2D eigenvalue weighted by molar-refractivity contribution is 5.95. The first-order valence-corrected chi connectivity index (χ1v) is 4.23. The Hall–Kier alpha value is -1.84. The molecule has 0 aliphatic heterocycles. The third-order valence-corrected chi connectivity index (χ3v) is 1.63. The topological polar surface area (TPSA) is 58.2 Å². The maximum atomic E-state index is 11.4. The van der Waals surface area contributed by atoms with E-state index in [1.807, 2.05) is 13.0 Å². The fourth-order valence-electron chi connectivity index (χ4n) is 1.00. The molecule has 0 aromatic heterocycles. The lowest BCUT2D eigenvalue weighted by molar-refractivity contribution is -0.119. The van der Waals surface area contributed by atoms with Gasteiger partial charge in [-0.3, -0.25) is 20.4 Å². The Morgan fingerprint density at radius 3 is 2.50 bits per heavy atom. The van der Waals surface area contributed by atoms with Crippen LogP contribution in [-0.2, 0) is 4.79 Å². The molecule has 4 heteroatoms. The summed E-state index contributed by atoms with van der Waals surface area (Å²) in [6.45, 7) is 3.23. The van der Waals surface area contributed by atoms with Gasteiger partial charge in [-0.2, -0.15) is 0 Å². The highest BCUT2D eigenvalue weighted by Gasteiger charge is 2.04. The lowest BCUT2D eigenvalue weighted by Gasteiger charge is -2.05. The van der Waals surface area contributed by atoms with Crippen molar-refractivity contribution in [2.75, 3.05) is 0 Å². The van der Waals surface area contributed by atoms with E-state index in [2.05, 4.69) is 10.9 Å². The highest BCUT2D eigenvalue weighted by atomic mass is 16.2. The van der Waals surface area contributed by atoms with E-state index in [1.54, 1.807) is 18.2 Å². The van der Waals surface area contributed by atoms with Crippen molar-refractivity contribution in [3.63, 3.8) is 0 Å². The molecule has 4 nitrogen and oxygen atoms in total. The van der Waals surface area contributed by atoms with Crippen LogP contribution in [0.15, 0.2) is 24.3 Å². The van der Waals surface area contributed by atoms with Gasteiger partial charge < -0.3 is 0 Å². The van der Waals surface area contributed by atoms with E-state index in [0.29, 0.717) is 5.56 Å². The van der Waals surface area contributed by atoms with E-state index >= 15 is 0 Å². The van der Waals surface area contributed by atoms with Crippen LogP contribution in [0.4, 0.5) is 0 Å². The Balaban J connectivity index is 2.65. The standard InChI is InChI=1S/C10H12N2O2/c1-7-4-3-5-9(6-7)10(14)12-11-8(2)13/h3-6H,1-2H3,(H,11,13)(H,12,14). The predicted octanol–water partition coefficient (Wildman–Crippen LogP) is 0.776. The molecule has 0 unspecified atom stereocenters. The van der Waals surface area contributed by atoms with Gasteiger partial charge in [0.25, 0.3) is 5.91 Å². The van der Waals surface area contributed by atoms with Crippen molar-refractivity contribution in [2.24, 2.45) is 0 Å². The number of hydrogen-bond donors (Lipinski definition) is 2. The number of benzene rings is 1. The average Bonchev–Trinajstić information content (AvgIpc) is 2.14. The number of amides is 2. The summed E-state index contributed by atoms with van der Waals surface area (Å²) in [5.74, 6) is -0.616. The fourth-order valence-corrected chi connectivity index (χ4v) is 1.00. The van der Waals surface area contributed by atoms with Crippen molar-refractivity contribution in [3.05, 3.63) is 35.4 Å². The van der Waals surface area contributed by atoms with Crippen molar-refractivity contribution in [1.29, 1.82) is 0 Å². The van der Waals surface area contributed by atoms with E-state index in [9.17, 15) is 9.59 Å². The molecular formula is C10H12N2O2. The molecule has 0 saturated heterocycles. The van der Waals surface area contributed by atoms with Crippen LogP contribution in [0.5, 0.6) is 0 Å². The largest absolute Gasteiger partial charge is 0.274 e. The molecule has 0 bridgehead atoms. The van der Waals surface area contributed by atoms with Crippen LogP contribution in [0, 0.1) is 6.92 Å². The van der Waals surface area contributed by atoms with Gasteiger partial charge in [0, 0.05) is 12.5 Å². The lowest BCUT2D eigenvalue weighted by Crippen LogP contribution is -2.40. The smallest absolute Gasteiger partial charge is 0.269 e. The van der Waals surface area contributed by atoms with Crippen LogP contribution >= 0.6 is 0 Å². The molecule has 0 aliphatic rings. The van der Waals surface area contributed by atoms with Crippen molar-refractivity contribution in [1.82, 2.24) is 10.9 Å². The summed E-state index contributed by atoms with van der Waals surface area (Å²) in [6.07, 6.45) is 0. The first-order chi connectivity index (χ1) is 6.59. The summed E-state index contributed by atoms with van der Waals surface area (Å²) in [5.41, 5.74) is 6.04. The van der Waals surface area contributed by atoms with Gasteiger partial charge in [-0.1, -0.05) is 17.7 Å². The van der Waals surface area contributed by atoms with E-state index in [-0.39, 0.29) is 11.8 Å². The summed E-state index contributed by atoms with van der Waals surface area (Å²) in [4.78, 5) is 21.9. The second-order valence-corrected chi connectivity index (χ2v) is 3.00. The van der Waals surface area contributed by atoms with Crippen LogP contribution in [-0.4, -0.2) is 11.8 Å². The summed E-state index contributed by atoms with van der Waals surface area (Å²) < 4.78 is 0. The number of hydrazine groups is 1. The van der Waals surface area contributed by atoms with Crippen molar-refractivity contribution >= 4 is 11.8 Å². The highest BCUT2D eigenvalue weighted by Crippen LogP contribution is 2.02. The van der Waals surface area contributed by atoms with Crippen LogP contribution in [0.3, 0.4) is 0 Å². The van der Waals surface area contributed by atoms with E-state index in [4.69, 9.17) is 0 Å². The SMILES string of the molecule is CC(=O)NNC(=O)c1cccc(C)c1. The maximum Gasteiger partial charge on any atom is 0.269 e. The molecule has 1 aromatic rings. The lowest BCUT2D eigenvalue weighted by atomic mass is 10.1. The van der Waals surface area contributed by atoms with Gasteiger partial charge in [0.2, 0.25) is 5.91 Å². The van der Waals surface area contributed by atoms with Gasteiger partial charge in [-0.15, -0.1) is 0 Å². The van der Waals surface area contributed by atoms with Crippen LogP contribution < -0.4 is 10.9 Å². The van der Waals surface area contributed by atoms with Gasteiger partial charge in [-0.25, -0.2) is 0 Å². The summed E-state index contributed by atoms with van der Waals surface area (Å²) >= 11 is 0. The Bertz CT molecular complexity index is 361. The van der Waals surface area contributed by atoms with Gasteiger partial charge in [0.15, 0.2) is 0 Å².